The zero-order valence-corrected chi connectivity index (χ0v) is 9.88. The van der Waals surface area contributed by atoms with Crippen LogP contribution < -0.4 is 0 Å². The van der Waals surface area contributed by atoms with E-state index in [0.29, 0.717) is 0 Å². The van der Waals surface area contributed by atoms with Crippen molar-refractivity contribution in [1.82, 2.24) is 0 Å². The number of aliphatic hydroxyl groups excluding tert-OH is 1. The van der Waals surface area contributed by atoms with Gasteiger partial charge in [-0.15, -0.1) is 0 Å². The van der Waals surface area contributed by atoms with Crippen LogP contribution in [-0.2, 0) is 0 Å². The highest BCUT2D eigenvalue weighted by atomic mass is 16.3. The second-order valence-corrected chi connectivity index (χ2v) is 4.13. The first-order valence-corrected chi connectivity index (χ1v) is 5.73. The zero-order valence-electron chi connectivity index (χ0n) is 9.88. The van der Waals surface area contributed by atoms with Crippen LogP contribution in [0, 0.1) is 6.92 Å². The van der Waals surface area contributed by atoms with E-state index in [1.165, 1.54) is 5.56 Å². The third-order valence-electron chi connectivity index (χ3n) is 2.69. The monoisotopic (exact) mass is 224 g/mol. The van der Waals surface area contributed by atoms with Crippen LogP contribution in [0.4, 0.5) is 0 Å². The normalized spacial score (nSPS) is 12.8. The molecule has 0 saturated heterocycles. The number of rotatable bonds is 3. The molecule has 1 atom stereocenters. The summed E-state index contributed by atoms with van der Waals surface area (Å²) < 4.78 is 0. The fourth-order valence-corrected chi connectivity index (χ4v) is 1.64. The maximum absolute atomic E-state index is 9.95. The molecule has 17 heavy (non-hydrogen) atoms. The van der Waals surface area contributed by atoms with Crippen LogP contribution in [0.5, 0.6) is 0 Å². The molecular formula is C16H16O. The predicted octanol–water partition coefficient (Wildman–Crippen LogP) is 3.74. The smallest absolute Gasteiger partial charge is 0.0975 e. The Hall–Kier alpha value is -1.86. The van der Waals surface area contributed by atoms with Crippen molar-refractivity contribution in [3.05, 3.63) is 77.4 Å². The van der Waals surface area contributed by atoms with Crippen molar-refractivity contribution in [3.8, 4) is 0 Å². The molecular weight excluding hydrogens is 208 g/mol. The molecule has 86 valence electrons. The second-order valence-electron chi connectivity index (χ2n) is 4.13. The molecule has 0 spiro atoms. The van der Waals surface area contributed by atoms with Gasteiger partial charge in [0, 0.05) is 0 Å². The molecule has 1 N–H and O–H groups in total. The van der Waals surface area contributed by atoms with Gasteiger partial charge in [-0.25, -0.2) is 0 Å². The first kappa shape index (κ1) is 11.6. The molecule has 0 fully saturated rings. The molecule has 0 radical (unpaired) electrons. The van der Waals surface area contributed by atoms with Gasteiger partial charge in [0.05, 0.1) is 6.10 Å². The van der Waals surface area contributed by atoms with Crippen molar-refractivity contribution in [2.75, 3.05) is 0 Å². The van der Waals surface area contributed by atoms with Gasteiger partial charge in [0.2, 0.25) is 0 Å². The minimum atomic E-state index is -0.544. The minimum Gasteiger partial charge on any atom is -0.384 e. The van der Waals surface area contributed by atoms with Crippen molar-refractivity contribution in [3.63, 3.8) is 0 Å². The summed E-state index contributed by atoms with van der Waals surface area (Å²) in [5.74, 6) is 0. The molecule has 0 aliphatic rings. The molecule has 0 aromatic heterocycles. The van der Waals surface area contributed by atoms with Gasteiger partial charge in [-0.05, 0) is 18.1 Å². The Morgan fingerprint density at radius 2 is 1.59 bits per heavy atom. The molecule has 1 unspecified atom stereocenters. The van der Waals surface area contributed by atoms with Crippen LogP contribution in [0.2, 0.25) is 0 Å². The Balaban J connectivity index is 2.08. The Kier molecular flexibility index (Phi) is 3.73. The lowest BCUT2D eigenvalue weighted by Crippen LogP contribution is -1.91. The zero-order chi connectivity index (χ0) is 12.1. The third-order valence-corrected chi connectivity index (χ3v) is 2.69. The van der Waals surface area contributed by atoms with E-state index >= 15 is 0 Å². The number of hydrogen-bond acceptors (Lipinski definition) is 1. The topological polar surface area (TPSA) is 20.2 Å². The molecule has 0 amide bonds. The SMILES string of the molecule is Cc1ccc(C=CC(O)c2ccccc2)cc1. The van der Waals surface area contributed by atoms with E-state index in [4.69, 9.17) is 0 Å². The molecule has 0 saturated carbocycles. The number of hydrogen-bond donors (Lipinski definition) is 1. The highest BCUT2D eigenvalue weighted by Crippen LogP contribution is 2.15. The van der Waals surface area contributed by atoms with E-state index in [1.54, 1.807) is 6.08 Å². The van der Waals surface area contributed by atoms with Gasteiger partial charge in [0.25, 0.3) is 0 Å². The van der Waals surface area contributed by atoms with Crippen molar-refractivity contribution >= 4 is 6.08 Å². The lowest BCUT2D eigenvalue weighted by molar-refractivity contribution is 0.229. The van der Waals surface area contributed by atoms with E-state index < -0.39 is 6.10 Å². The second kappa shape index (κ2) is 5.46. The van der Waals surface area contributed by atoms with Gasteiger partial charge < -0.3 is 5.11 Å². The van der Waals surface area contributed by atoms with Gasteiger partial charge in [-0.3, -0.25) is 0 Å². The van der Waals surface area contributed by atoms with Crippen LogP contribution in [0.1, 0.15) is 22.8 Å². The van der Waals surface area contributed by atoms with Crippen molar-refractivity contribution in [2.45, 2.75) is 13.0 Å². The summed E-state index contributed by atoms with van der Waals surface area (Å²) in [5.41, 5.74) is 3.26. The molecule has 0 heterocycles. The van der Waals surface area contributed by atoms with Gasteiger partial charge >= 0.3 is 0 Å². The van der Waals surface area contributed by atoms with E-state index in [2.05, 4.69) is 19.1 Å². The Morgan fingerprint density at radius 3 is 2.24 bits per heavy atom. The van der Waals surface area contributed by atoms with E-state index in [0.717, 1.165) is 11.1 Å². The number of aliphatic hydroxyl groups is 1. The van der Waals surface area contributed by atoms with Crippen LogP contribution in [0.3, 0.4) is 0 Å². The quantitative estimate of drug-likeness (QED) is 0.842. The summed E-state index contributed by atoms with van der Waals surface area (Å²) in [7, 11) is 0. The average Bonchev–Trinajstić information content (AvgIpc) is 2.39. The molecule has 1 heteroatoms. The van der Waals surface area contributed by atoms with Crippen LogP contribution >= 0.6 is 0 Å². The predicted molar refractivity (Wildman–Crippen MR) is 71.6 cm³/mol. The standard InChI is InChI=1S/C16H16O/c1-13-7-9-14(10-8-13)11-12-16(17)15-5-3-2-4-6-15/h2-12,16-17H,1H3. The summed E-state index contributed by atoms with van der Waals surface area (Å²) in [6, 6.07) is 17.9. The van der Waals surface area contributed by atoms with Gasteiger partial charge in [-0.1, -0.05) is 72.3 Å². The number of aryl methyl sites for hydroxylation is 1. The Labute approximate surface area is 102 Å². The average molecular weight is 224 g/mol. The Bertz CT molecular complexity index is 483. The molecule has 0 bridgehead atoms. The largest absolute Gasteiger partial charge is 0.384 e. The fraction of sp³-hybridized carbons (Fsp3) is 0.125. The van der Waals surface area contributed by atoms with Crippen LogP contribution in [0.15, 0.2) is 60.7 Å². The van der Waals surface area contributed by atoms with Crippen molar-refractivity contribution < 1.29 is 5.11 Å². The maximum atomic E-state index is 9.95. The Morgan fingerprint density at radius 1 is 0.941 bits per heavy atom. The lowest BCUT2D eigenvalue weighted by Gasteiger charge is -2.05. The highest BCUT2D eigenvalue weighted by Gasteiger charge is 2.00. The highest BCUT2D eigenvalue weighted by molar-refractivity contribution is 5.50. The maximum Gasteiger partial charge on any atom is 0.0975 e. The van der Waals surface area contributed by atoms with Crippen molar-refractivity contribution in [1.29, 1.82) is 0 Å². The minimum absolute atomic E-state index is 0.544. The van der Waals surface area contributed by atoms with Gasteiger partial charge in [-0.2, -0.15) is 0 Å². The van der Waals surface area contributed by atoms with Crippen LogP contribution in [0.25, 0.3) is 6.08 Å². The van der Waals surface area contributed by atoms with E-state index in [9.17, 15) is 5.11 Å². The third kappa shape index (κ3) is 3.30. The van der Waals surface area contributed by atoms with Crippen molar-refractivity contribution in [2.24, 2.45) is 0 Å². The summed E-state index contributed by atoms with van der Waals surface area (Å²) >= 11 is 0. The summed E-state index contributed by atoms with van der Waals surface area (Å²) in [4.78, 5) is 0. The van der Waals surface area contributed by atoms with Gasteiger partial charge in [0.15, 0.2) is 0 Å². The molecule has 2 rings (SSSR count). The van der Waals surface area contributed by atoms with E-state index in [1.807, 2.05) is 48.5 Å². The number of benzene rings is 2. The summed E-state index contributed by atoms with van der Waals surface area (Å²) in [6.07, 6.45) is 3.20. The molecule has 2 aromatic carbocycles. The fourth-order valence-electron chi connectivity index (χ4n) is 1.64. The molecule has 0 aliphatic carbocycles. The summed E-state index contributed by atoms with van der Waals surface area (Å²) in [6.45, 7) is 2.06. The molecule has 1 nitrogen and oxygen atoms in total. The van der Waals surface area contributed by atoms with E-state index in [-0.39, 0.29) is 0 Å². The molecule has 2 aromatic rings. The first-order valence-electron chi connectivity index (χ1n) is 5.73. The van der Waals surface area contributed by atoms with Gasteiger partial charge in [0.1, 0.15) is 0 Å². The first-order chi connectivity index (χ1) is 8.25. The molecule has 0 aliphatic heterocycles. The van der Waals surface area contributed by atoms with Crippen LogP contribution in [-0.4, -0.2) is 5.11 Å². The lowest BCUT2D eigenvalue weighted by atomic mass is 10.1. The summed E-state index contributed by atoms with van der Waals surface area (Å²) in [5, 5.41) is 9.95.